The molecule has 2 amide bonds. The van der Waals surface area contributed by atoms with E-state index in [0.29, 0.717) is 30.7 Å². The lowest BCUT2D eigenvalue weighted by Crippen LogP contribution is -2.51. The Morgan fingerprint density at radius 2 is 1.72 bits per heavy atom. The molecule has 0 aliphatic carbocycles. The highest BCUT2D eigenvalue weighted by Gasteiger charge is 2.24. The number of nitrogens with zero attached hydrogens (tertiary/aromatic N) is 5. The molecule has 160 valence electrons. The number of likely N-dealkylation sites (tertiary alicyclic amines) is 1. The Kier molecular flexibility index (Phi) is 7.35. The van der Waals surface area contributed by atoms with Crippen molar-refractivity contribution in [3.63, 3.8) is 0 Å². The molecule has 3 rings (SSSR count). The van der Waals surface area contributed by atoms with Crippen LogP contribution in [0.25, 0.3) is 6.08 Å². The molecule has 0 N–H and O–H groups in total. The molecule has 0 bridgehead atoms. The zero-order valence-corrected chi connectivity index (χ0v) is 18.5. The van der Waals surface area contributed by atoms with E-state index in [9.17, 15) is 9.59 Å². The van der Waals surface area contributed by atoms with E-state index in [0.717, 1.165) is 56.8 Å². The van der Waals surface area contributed by atoms with Gasteiger partial charge in [-0.25, -0.2) is 0 Å². The first-order chi connectivity index (χ1) is 13.8. The third-order valence-corrected chi connectivity index (χ3v) is 5.94. The molecule has 7 nitrogen and oxygen atoms in total. The van der Waals surface area contributed by atoms with Crippen LogP contribution in [0.2, 0.25) is 5.15 Å². The number of hydrogen-bond acceptors (Lipinski definition) is 4. The molecule has 1 aromatic heterocycles. The predicted octanol–water partition coefficient (Wildman–Crippen LogP) is 2.28. The third kappa shape index (κ3) is 5.60. The molecule has 0 spiro atoms. The second-order valence-corrected chi connectivity index (χ2v) is 8.75. The summed E-state index contributed by atoms with van der Waals surface area (Å²) in [5.74, 6) is 0.632. The fraction of sp³-hybridized carbons (Fsp3) is 0.667. The smallest absolute Gasteiger partial charge is 0.246 e. The van der Waals surface area contributed by atoms with Crippen LogP contribution in [0.1, 0.15) is 37.9 Å². The normalized spacial score (nSPS) is 18.4. The molecule has 0 saturated carbocycles. The summed E-state index contributed by atoms with van der Waals surface area (Å²) in [6.07, 6.45) is 5.58. The van der Waals surface area contributed by atoms with Crippen LogP contribution < -0.4 is 0 Å². The summed E-state index contributed by atoms with van der Waals surface area (Å²) in [6, 6.07) is 0. The van der Waals surface area contributed by atoms with Crippen LogP contribution in [-0.4, -0.2) is 82.1 Å². The van der Waals surface area contributed by atoms with Crippen molar-refractivity contribution in [2.24, 2.45) is 5.92 Å². The predicted molar refractivity (Wildman–Crippen MR) is 115 cm³/mol. The van der Waals surface area contributed by atoms with Gasteiger partial charge >= 0.3 is 0 Å². The maximum atomic E-state index is 12.6. The largest absolute Gasteiger partial charge is 0.342 e. The molecule has 2 saturated heterocycles. The number of carbonyl (C=O) groups excluding carboxylic acids is 2. The molecular formula is C21H32ClN5O2. The monoisotopic (exact) mass is 421 g/mol. The van der Waals surface area contributed by atoms with Gasteiger partial charge in [-0.15, -0.1) is 0 Å². The standard InChI is InChI=1S/C21H32ClN5O2/c1-16(2)14-27-21(22)18(17(3)23-27)6-7-19(28)26-12-10-24(11-13-26)15-20(29)25-8-4-5-9-25/h6-7,16H,4-5,8-15H2,1-3H3/b7-6+. The van der Waals surface area contributed by atoms with E-state index < -0.39 is 0 Å². The topological polar surface area (TPSA) is 61.7 Å². The Hall–Kier alpha value is -1.86. The summed E-state index contributed by atoms with van der Waals surface area (Å²) in [7, 11) is 0. The lowest BCUT2D eigenvalue weighted by molar-refractivity contribution is -0.132. The molecular weight excluding hydrogens is 390 g/mol. The van der Waals surface area contributed by atoms with Crippen molar-refractivity contribution >= 4 is 29.5 Å². The number of aromatic nitrogens is 2. The summed E-state index contributed by atoms with van der Waals surface area (Å²) in [5, 5.41) is 5.05. The van der Waals surface area contributed by atoms with Crippen molar-refractivity contribution in [3.05, 3.63) is 22.5 Å². The summed E-state index contributed by atoms with van der Waals surface area (Å²) in [6.45, 7) is 11.8. The number of piperazine rings is 1. The van der Waals surface area contributed by atoms with Crippen LogP contribution in [0.5, 0.6) is 0 Å². The van der Waals surface area contributed by atoms with E-state index in [2.05, 4.69) is 23.8 Å². The molecule has 0 radical (unpaired) electrons. The first-order valence-corrected chi connectivity index (χ1v) is 10.9. The van der Waals surface area contributed by atoms with E-state index in [1.165, 1.54) is 0 Å². The van der Waals surface area contributed by atoms with Crippen LogP contribution in [0.3, 0.4) is 0 Å². The van der Waals surface area contributed by atoms with Crippen LogP contribution in [-0.2, 0) is 16.1 Å². The zero-order chi connectivity index (χ0) is 21.0. The van der Waals surface area contributed by atoms with Crippen LogP contribution in [0.15, 0.2) is 6.08 Å². The minimum absolute atomic E-state index is 0.0254. The van der Waals surface area contributed by atoms with Gasteiger partial charge in [-0.2, -0.15) is 5.10 Å². The van der Waals surface area contributed by atoms with Crippen molar-refractivity contribution in [2.75, 3.05) is 45.8 Å². The Morgan fingerprint density at radius 1 is 1.07 bits per heavy atom. The average Bonchev–Trinajstić information content (AvgIpc) is 3.30. The van der Waals surface area contributed by atoms with E-state index >= 15 is 0 Å². The van der Waals surface area contributed by atoms with E-state index in [1.807, 2.05) is 16.7 Å². The molecule has 2 aliphatic heterocycles. The molecule has 0 unspecified atom stereocenters. The van der Waals surface area contributed by atoms with E-state index in [1.54, 1.807) is 16.8 Å². The second kappa shape index (κ2) is 9.76. The van der Waals surface area contributed by atoms with Crippen molar-refractivity contribution in [2.45, 2.75) is 40.2 Å². The van der Waals surface area contributed by atoms with Gasteiger partial charge in [-0.05, 0) is 31.8 Å². The molecule has 3 heterocycles. The minimum Gasteiger partial charge on any atom is -0.342 e. The number of carbonyl (C=O) groups is 2. The highest BCUT2D eigenvalue weighted by Crippen LogP contribution is 2.22. The summed E-state index contributed by atoms with van der Waals surface area (Å²) in [4.78, 5) is 30.8. The van der Waals surface area contributed by atoms with Gasteiger partial charge in [0.25, 0.3) is 0 Å². The minimum atomic E-state index is -0.0254. The number of rotatable bonds is 6. The van der Waals surface area contributed by atoms with Gasteiger partial charge in [-0.3, -0.25) is 19.2 Å². The molecule has 2 fully saturated rings. The molecule has 1 aromatic rings. The first-order valence-electron chi connectivity index (χ1n) is 10.5. The van der Waals surface area contributed by atoms with E-state index in [-0.39, 0.29) is 11.8 Å². The van der Waals surface area contributed by atoms with Gasteiger partial charge in [0.05, 0.1) is 12.2 Å². The third-order valence-electron chi connectivity index (χ3n) is 5.54. The molecule has 0 atom stereocenters. The fourth-order valence-corrected chi connectivity index (χ4v) is 4.17. The Balaban J connectivity index is 1.51. The Labute approximate surface area is 178 Å². The van der Waals surface area contributed by atoms with Gasteiger partial charge in [0.1, 0.15) is 5.15 Å². The van der Waals surface area contributed by atoms with Gasteiger partial charge in [0.2, 0.25) is 11.8 Å². The maximum absolute atomic E-state index is 12.6. The Morgan fingerprint density at radius 3 is 2.34 bits per heavy atom. The van der Waals surface area contributed by atoms with Gasteiger partial charge < -0.3 is 9.80 Å². The molecule has 8 heteroatoms. The summed E-state index contributed by atoms with van der Waals surface area (Å²) in [5.41, 5.74) is 1.63. The first kappa shape index (κ1) is 21.8. The number of amides is 2. The van der Waals surface area contributed by atoms with E-state index in [4.69, 9.17) is 11.6 Å². The number of aryl methyl sites for hydroxylation is 1. The molecule has 2 aliphatic rings. The van der Waals surface area contributed by atoms with Crippen LogP contribution in [0.4, 0.5) is 0 Å². The number of hydrogen-bond donors (Lipinski definition) is 0. The molecule has 29 heavy (non-hydrogen) atoms. The van der Waals surface area contributed by atoms with Crippen LogP contribution >= 0.6 is 11.6 Å². The SMILES string of the molecule is Cc1nn(CC(C)C)c(Cl)c1/C=C/C(=O)N1CCN(CC(=O)N2CCCC2)CC1. The fourth-order valence-electron chi connectivity index (χ4n) is 3.87. The van der Waals surface area contributed by atoms with Crippen LogP contribution in [0, 0.1) is 12.8 Å². The summed E-state index contributed by atoms with van der Waals surface area (Å²) >= 11 is 6.45. The summed E-state index contributed by atoms with van der Waals surface area (Å²) < 4.78 is 1.79. The van der Waals surface area contributed by atoms with Gasteiger partial charge in [-0.1, -0.05) is 25.4 Å². The second-order valence-electron chi connectivity index (χ2n) is 8.39. The lowest BCUT2D eigenvalue weighted by atomic mass is 10.2. The van der Waals surface area contributed by atoms with Gasteiger partial charge in [0.15, 0.2) is 0 Å². The van der Waals surface area contributed by atoms with Gasteiger partial charge in [0, 0.05) is 57.5 Å². The highest BCUT2D eigenvalue weighted by atomic mass is 35.5. The lowest BCUT2D eigenvalue weighted by Gasteiger charge is -2.34. The highest BCUT2D eigenvalue weighted by molar-refractivity contribution is 6.31. The average molecular weight is 422 g/mol. The Bertz CT molecular complexity index is 759. The molecule has 0 aromatic carbocycles. The maximum Gasteiger partial charge on any atom is 0.246 e. The quantitative estimate of drug-likeness (QED) is 0.661. The number of halogens is 1. The zero-order valence-electron chi connectivity index (χ0n) is 17.7. The van der Waals surface area contributed by atoms with Crippen molar-refractivity contribution in [3.8, 4) is 0 Å². The van der Waals surface area contributed by atoms with Crippen molar-refractivity contribution in [1.29, 1.82) is 0 Å². The van der Waals surface area contributed by atoms with Crippen molar-refractivity contribution in [1.82, 2.24) is 24.5 Å². The van der Waals surface area contributed by atoms with Crippen molar-refractivity contribution < 1.29 is 9.59 Å².